The van der Waals surface area contributed by atoms with Gasteiger partial charge in [0.2, 0.25) is 0 Å². The van der Waals surface area contributed by atoms with Crippen LogP contribution >= 0.6 is 0 Å². The van der Waals surface area contributed by atoms with Crippen molar-refractivity contribution in [3.05, 3.63) is 30.7 Å². The van der Waals surface area contributed by atoms with Crippen LogP contribution in [0.2, 0.25) is 0 Å². The SMILES string of the molecule is [CH2]c1ccc(OC)c(OC2CCCC2)c1. The zero-order valence-electron chi connectivity index (χ0n) is 9.16. The molecule has 0 bridgehead atoms. The van der Waals surface area contributed by atoms with Gasteiger partial charge in [-0.1, -0.05) is 6.07 Å². The van der Waals surface area contributed by atoms with Crippen LogP contribution in [0.3, 0.4) is 0 Å². The summed E-state index contributed by atoms with van der Waals surface area (Å²) in [5, 5.41) is 0. The lowest BCUT2D eigenvalue weighted by Crippen LogP contribution is -2.11. The summed E-state index contributed by atoms with van der Waals surface area (Å²) in [4.78, 5) is 0. The van der Waals surface area contributed by atoms with Gasteiger partial charge >= 0.3 is 0 Å². The minimum Gasteiger partial charge on any atom is -0.493 e. The average molecular weight is 205 g/mol. The van der Waals surface area contributed by atoms with Crippen molar-refractivity contribution in [2.24, 2.45) is 0 Å². The van der Waals surface area contributed by atoms with E-state index >= 15 is 0 Å². The summed E-state index contributed by atoms with van der Waals surface area (Å²) in [6, 6.07) is 5.78. The van der Waals surface area contributed by atoms with Gasteiger partial charge < -0.3 is 9.47 Å². The molecular formula is C13H17O2. The maximum absolute atomic E-state index is 5.91. The van der Waals surface area contributed by atoms with E-state index in [0.29, 0.717) is 6.10 Å². The second-order valence-electron chi connectivity index (χ2n) is 4.01. The lowest BCUT2D eigenvalue weighted by atomic mass is 10.2. The van der Waals surface area contributed by atoms with E-state index in [4.69, 9.17) is 9.47 Å². The van der Waals surface area contributed by atoms with Crippen LogP contribution in [0.25, 0.3) is 0 Å². The molecule has 1 fully saturated rings. The topological polar surface area (TPSA) is 18.5 Å². The first kappa shape index (κ1) is 10.3. The lowest BCUT2D eigenvalue weighted by molar-refractivity contribution is 0.200. The maximum atomic E-state index is 5.91. The Hall–Kier alpha value is -1.18. The van der Waals surface area contributed by atoms with Crippen LogP contribution in [0.1, 0.15) is 31.2 Å². The average Bonchev–Trinajstić information content (AvgIpc) is 2.71. The summed E-state index contributed by atoms with van der Waals surface area (Å²) in [5.41, 5.74) is 0.962. The van der Waals surface area contributed by atoms with Gasteiger partial charge in [-0.2, -0.15) is 0 Å². The van der Waals surface area contributed by atoms with Gasteiger partial charge in [-0.25, -0.2) is 0 Å². The summed E-state index contributed by atoms with van der Waals surface area (Å²) < 4.78 is 11.2. The minimum atomic E-state index is 0.362. The van der Waals surface area contributed by atoms with Crippen LogP contribution in [0, 0.1) is 6.92 Å². The highest BCUT2D eigenvalue weighted by Crippen LogP contribution is 2.32. The van der Waals surface area contributed by atoms with Crippen LogP contribution in [0.15, 0.2) is 18.2 Å². The molecule has 0 spiro atoms. The molecule has 2 nitrogen and oxygen atoms in total. The third-order valence-electron chi connectivity index (χ3n) is 2.82. The molecule has 81 valence electrons. The number of hydrogen-bond donors (Lipinski definition) is 0. The smallest absolute Gasteiger partial charge is 0.161 e. The summed E-state index contributed by atoms with van der Waals surface area (Å²) in [7, 11) is 1.67. The summed E-state index contributed by atoms with van der Waals surface area (Å²) in [5.74, 6) is 1.63. The summed E-state index contributed by atoms with van der Waals surface area (Å²) in [6.07, 6.45) is 5.23. The van der Waals surface area contributed by atoms with E-state index < -0.39 is 0 Å². The largest absolute Gasteiger partial charge is 0.493 e. The molecule has 0 saturated heterocycles. The van der Waals surface area contributed by atoms with Crippen LogP contribution in [0.5, 0.6) is 11.5 Å². The lowest BCUT2D eigenvalue weighted by Gasteiger charge is -2.16. The van der Waals surface area contributed by atoms with Gasteiger partial charge in [0.25, 0.3) is 0 Å². The quantitative estimate of drug-likeness (QED) is 0.754. The third kappa shape index (κ3) is 2.44. The van der Waals surface area contributed by atoms with Gasteiger partial charge in [0.15, 0.2) is 11.5 Å². The standard InChI is InChI=1S/C13H17O2/c1-10-7-8-12(14-2)13(9-10)15-11-5-3-4-6-11/h7-9,11H,1,3-6H2,2H3. The van der Waals surface area contributed by atoms with Crippen LogP contribution in [0.4, 0.5) is 0 Å². The predicted octanol–water partition coefficient (Wildman–Crippen LogP) is 3.20. The molecule has 0 heterocycles. The molecular weight excluding hydrogens is 188 g/mol. The Morgan fingerprint density at radius 2 is 1.93 bits per heavy atom. The maximum Gasteiger partial charge on any atom is 0.161 e. The van der Waals surface area contributed by atoms with Crippen molar-refractivity contribution in [1.82, 2.24) is 0 Å². The van der Waals surface area contributed by atoms with E-state index in [1.807, 2.05) is 18.2 Å². The Morgan fingerprint density at radius 1 is 1.20 bits per heavy atom. The number of methoxy groups -OCH3 is 1. The molecule has 0 amide bonds. The van der Waals surface area contributed by atoms with Crippen molar-refractivity contribution in [2.45, 2.75) is 31.8 Å². The first-order valence-corrected chi connectivity index (χ1v) is 5.46. The zero-order valence-corrected chi connectivity index (χ0v) is 9.16. The van der Waals surface area contributed by atoms with Crippen LogP contribution in [-0.4, -0.2) is 13.2 Å². The second-order valence-corrected chi connectivity index (χ2v) is 4.01. The Balaban J connectivity index is 2.14. The molecule has 0 atom stereocenters. The third-order valence-corrected chi connectivity index (χ3v) is 2.82. The molecule has 0 aromatic heterocycles. The van der Waals surface area contributed by atoms with Gasteiger partial charge in [0, 0.05) is 0 Å². The van der Waals surface area contributed by atoms with E-state index in [1.165, 1.54) is 12.8 Å². The Morgan fingerprint density at radius 3 is 2.60 bits per heavy atom. The molecule has 0 aliphatic heterocycles. The molecule has 2 rings (SSSR count). The fourth-order valence-corrected chi connectivity index (χ4v) is 2.00. The normalized spacial score (nSPS) is 16.7. The highest BCUT2D eigenvalue weighted by molar-refractivity contribution is 5.43. The molecule has 1 radical (unpaired) electrons. The van der Waals surface area contributed by atoms with Crippen molar-refractivity contribution >= 4 is 0 Å². The first-order valence-electron chi connectivity index (χ1n) is 5.46. The predicted molar refractivity (Wildman–Crippen MR) is 60.3 cm³/mol. The van der Waals surface area contributed by atoms with E-state index in [-0.39, 0.29) is 0 Å². The van der Waals surface area contributed by atoms with Crippen LogP contribution < -0.4 is 9.47 Å². The van der Waals surface area contributed by atoms with Crippen molar-refractivity contribution in [3.8, 4) is 11.5 Å². The van der Waals surface area contributed by atoms with Crippen molar-refractivity contribution < 1.29 is 9.47 Å². The van der Waals surface area contributed by atoms with Gasteiger partial charge in [-0.15, -0.1) is 0 Å². The van der Waals surface area contributed by atoms with E-state index in [9.17, 15) is 0 Å². The molecule has 1 aromatic carbocycles. The number of ether oxygens (including phenoxy) is 2. The molecule has 1 aliphatic carbocycles. The molecule has 15 heavy (non-hydrogen) atoms. The van der Waals surface area contributed by atoms with Crippen molar-refractivity contribution in [2.75, 3.05) is 7.11 Å². The van der Waals surface area contributed by atoms with Crippen molar-refractivity contribution in [1.29, 1.82) is 0 Å². The molecule has 1 aromatic rings. The fraction of sp³-hybridized carbons (Fsp3) is 0.462. The number of rotatable bonds is 3. The van der Waals surface area contributed by atoms with E-state index in [2.05, 4.69) is 6.92 Å². The van der Waals surface area contributed by atoms with Gasteiger partial charge in [0.05, 0.1) is 13.2 Å². The van der Waals surface area contributed by atoms with E-state index in [1.54, 1.807) is 7.11 Å². The highest BCUT2D eigenvalue weighted by atomic mass is 16.5. The summed E-state index contributed by atoms with van der Waals surface area (Å²) >= 11 is 0. The van der Waals surface area contributed by atoms with Gasteiger partial charge in [0.1, 0.15) is 0 Å². The molecule has 2 heteroatoms. The monoisotopic (exact) mass is 205 g/mol. The Bertz CT molecular complexity index is 327. The second kappa shape index (κ2) is 4.56. The first-order chi connectivity index (χ1) is 7.29. The van der Waals surface area contributed by atoms with E-state index in [0.717, 1.165) is 29.9 Å². The van der Waals surface area contributed by atoms with Gasteiger partial charge in [-0.3, -0.25) is 0 Å². The molecule has 1 saturated carbocycles. The number of hydrogen-bond acceptors (Lipinski definition) is 2. The molecule has 1 aliphatic rings. The minimum absolute atomic E-state index is 0.362. The van der Waals surface area contributed by atoms with Crippen molar-refractivity contribution in [3.63, 3.8) is 0 Å². The number of benzene rings is 1. The fourth-order valence-electron chi connectivity index (χ4n) is 2.00. The molecule has 0 unspecified atom stereocenters. The van der Waals surface area contributed by atoms with Gasteiger partial charge in [-0.05, 0) is 50.3 Å². The summed E-state index contributed by atoms with van der Waals surface area (Å²) in [6.45, 7) is 3.90. The molecule has 0 N–H and O–H groups in total. The Kier molecular flexibility index (Phi) is 3.14. The zero-order chi connectivity index (χ0) is 10.7. The Labute approximate surface area is 91.2 Å². The van der Waals surface area contributed by atoms with Crippen LogP contribution in [-0.2, 0) is 0 Å². The highest BCUT2D eigenvalue weighted by Gasteiger charge is 2.18.